The highest BCUT2D eigenvalue weighted by molar-refractivity contribution is 6.07. The third-order valence-corrected chi connectivity index (χ3v) is 5.57. The number of H-pyrrole nitrogens is 1. The van der Waals surface area contributed by atoms with Gasteiger partial charge in [0.2, 0.25) is 0 Å². The number of nitrogen functional groups attached to an aromatic ring is 1. The third kappa shape index (κ3) is 4.23. The molecule has 0 saturated carbocycles. The van der Waals surface area contributed by atoms with Crippen LogP contribution >= 0.6 is 0 Å². The molecule has 4 aromatic rings. The van der Waals surface area contributed by atoms with Gasteiger partial charge in [-0.2, -0.15) is 0 Å². The van der Waals surface area contributed by atoms with Crippen molar-refractivity contribution in [3.05, 3.63) is 111 Å². The predicted molar refractivity (Wildman–Crippen MR) is 129 cm³/mol. The molecule has 1 amide bonds. The normalized spacial score (nSPS) is 10.8. The Hall–Kier alpha value is -4.33. The van der Waals surface area contributed by atoms with Gasteiger partial charge >= 0.3 is 5.69 Å². The highest BCUT2D eigenvalue weighted by Crippen LogP contribution is 2.22. The Morgan fingerprint density at radius 1 is 1.03 bits per heavy atom. The largest absolute Gasteiger partial charge is 0.383 e. The molecule has 0 bridgehead atoms. The Bertz CT molecular complexity index is 1400. The van der Waals surface area contributed by atoms with Gasteiger partial charge in [0, 0.05) is 30.2 Å². The van der Waals surface area contributed by atoms with E-state index >= 15 is 0 Å². The maximum Gasteiger partial charge on any atom is 0.330 e. The van der Waals surface area contributed by atoms with Crippen molar-refractivity contribution in [2.75, 3.05) is 17.2 Å². The number of nitrogens with one attached hydrogen (secondary N) is 1. The van der Waals surface area contributed by atoms with Crippen LogP contribution in [0, 0.1) is 6.92 Å². The summed E-state index contributed by atoms with van der Waals surface area (Å²) in [5, 5.41) is 0. The number of nitrogens with zero attached hydrogens (tertiary/aromatic N) is 3. The second-order valence-corrected chi connectivity index (χ2v) is 7.71. The molecule has 2 aromatic carbocycles. The van der Waals surface area contributed by atoms with Crippen molar-refractivity contribution in [1.29, 1.82) is 0 Å². The topological polar surface area (TPSA) is 106 Å². The van der Waals surface area contributed by atoms with Crippen molar-refractivity contribution < 1.29 is 4.79 Å². The molecule has 0 aliphatic carbocycles. The summed E-state index contributed by atoms with van der Waals surface area (Å²) in [4.78, 5) is 42.4. The average molecular weight is 444 g/mol. The van der Waals surface area contributed by atoms with Gasteiger partial charge in [-0.1, -0.05) is 36.4 Å². The maximum absolute atomic E-state index is 13.5. The molecular formula is C25H25N5O3. The van der Waals surface area contributed by atoms with Crippen LogP contribution < -0.4 is 21.9 Å². The zero-order valence-corrected chi connectivity index (χ0v) is 18.5. The van der Waals surface area contributed by atoms with Crippen molar-refractivity contribution in [2.45, 2.75) is 20.4 Å². The number of carbonyl (C=O) groups excluding carboxylic acids is 1. The summed E-state index contributed by atoms with van der Waals surface area (Å²) < 4.78 is 3.19. The molecular weight excluding hydrogens is 418 g/mol. The van der Waals surface area contributed by atoms with Crippen molar-refractivity contribution in [3.8, 4) is 5.69 Å². The first-order valence-corrected chi connectivity index (χ1v) is 10.6. The molecule has 8 nitrogen and oxygen atoms in total. The number of carbonyl (C=O) groups is 1. The van der Waals surface area contributed by atoms with Crippen LogP contribution in [0.25, 0.3) is 5.69 Å². The summed E-state index contributed by atoms with van der Waals surface area (Å²) in [7, 11) is 0. The summed E-state index contributed by atoms with van der Waals surface area (Å²) >= 11 is 0. The van der Waals surface area contributed by atoms with E-state index in [-0.39, 0.29) is 30.5 Å². The fourth-order valence-corrected chi connectivity index (χ4v) is 3.84. The molecule has 0 fully saturated rings. The monoisotopic (exact) mass is 443 g/mol. The molecule has 0 radical (unpaired) electrons. The van der Waals surface area contributed by atoms with Crippen LogP contribution in [0.2, 0.25) is 0 Å². The van der Waals surface area contributed by atoms with Crippen molar-refractivity contribution in [1.82, 2.24) is 14.1 Å². The number of aryl methyl sites for hydroxylation is 1. The van der Waals surface area contributed by atoms with Crippen LogP contribution in [0.1, 0.15) is 28.4 Å². The van der Waals surface area contributed by atoms with Crippen LogP contribution in [0.5, 0.6) is 0 Å². The zero-order chi connectivity index (χ0) is 23.5. The SMILES string of the molecule is CCN(C(=O)c1ccc(C)c(-n2cccc2)c1)c1c(N)n(Cc2ccccc2)c(=O)[nH]c1=O. The number of anilines is 2. The Morgan fingerprint density at radius 3 is 2.39 bits per heavy atom. The van der Waals surface area contributed by atoms with Gasteiger partial charge < -0.3 is 15.2 Å². The van der Waals surface area contributed by atoms with Crippen LogP contribution in [-0.2, 0) is 6.54 Å². The molecule has 8 heteroatoms. The fourth-order valence-electron chi connectivity index (χ4n) is 3.84. The number of benzene rings is 2. The standard InChI is InChI=1S/C25H25N5O3/c1-3-29(24(32)19-12-11-17(2)20(15-19)28-13-7-8-14-28)21-22(26)30(25(33)27-23(21)31)16-18-9-5-4-6-10-18/h4-15H,3,16,26H2,1-2H3,(H,27,31,33). The Balaban J connectivity index is 1.77. The molecule has 33 heavy (non-hydrogen) atoms. The van der Waals surface area contributed by atoms with Crippen molar-refractivity contribution >= 4 is 17.4 Å². The first kappa shape index (κ1) is 21.9. The van der Waals surface area contributed by atoms with Crippen LogP contribution in [0.3, 0.4) is 0 Å². The van der Waals surface area contributed by atoms with Gasteiger partial charge in [0.15, 0.2) is 5.69 Å². The van der Waals surface area contributed by atoms with Gasteiger partial charge in [0.05, 0.1) is 6.54 Å². The molecule has 0 spiro atoms. The minimum absolute atomic E-state index is 0.0406. The van der Waals surface area contributed by atoms with E-state index in [2.05, 4.69) is 4.98 Å². The minimum Gasteiger partial charge on any atom is -0.383 e. The second kappa shape index (κ2) is 9.04. The first-order valence-electron chi connectivity index (χ1n) is 10.6. The van der Waals surface area contributed by atoms with Gasteiger partial charge in [0.25, 0.3) is 11.5 Å². The summed E-state index contributed by atoms with van der Waals surface area (Å²) in [6.45, 7) is 4.08. The summed E-state index contributed by atoms with van der Waals surface area (Å²) in [6, 6.07) is 18.5. The van der Waals surface area contributed by atoms with Gasteiger partial charge in [0.1, 0.15) is 5.82 Å². The lowest BCUT2D eigenvalue weighted by molar-refractivity contribution is 0.0988. The average Bonchev–Trinajstić information content (AvgIpc) is 3.35. The molecule has 0 aliphatic heterocycles. The summed E-state index contributed by atoms with van der Waals surface area (Å²) in [5.74, 6) is -0.437. The molecule has 0 saturated heterocycles. The Morgan fingerprint density at radius 2 is 1.73 bits per heavy atom. The summed E-state index contributed by atoms with van der Waals surface area (Å²) in [6.07, 6.45) is 3.80. The van der Waals surface area contributed by atoms with Crippen LogP contribution in [-0.4, -0.2) is 26.6 Å². The highest BCUT2D eigenvalue weighted by Gasteiger charge is 2.24. The molecule has 3 N–H and O–H groups in total. The van der Waals surface area contributed by atoms with E-state index in [0.717, 1.165) is 16.8 Å². The van der Waals surface area contributed by atoms with Gasteiger partial charge in [-0.25, -0.2) is 4.79 Å². The number of hydrogen-bond acceptors (Lipinski definition) is 4. The smallest absolute Gasteiger partial charge is 0.330 e. The number of aromatic amines is 1. The molecule has 0 atom stereocenters. The zero-order valence-electron chi connectivity index (χ0n) is 18.5. The van der Waals surface area contributed by atoms with E-state index in [9.17, 15) is 14.4 Å². The molecule has 2 heterocycles. The van der Waals surface area contributed by atoms with E-state index in [1.165, 1.54) is 9.47 Å². The van der Waals surface area contributed by atoms with Gasteiger partial charge in [-0.15, -0.1) is 0 Å². The summed E-state index contributed by atoms with van der Waals surface area (Å²) in [5.41, 5.74) is 8.04. The lowest BCUT2D eigenvalue weighted by Crippen LogP contribution is -2.41. The van der Waals surface area contributed by atoms with E-state index in [4.69, 9.17) is 5.73 Å². The number of hydrogen-bond donors (Lipinski definition) is 2. The van der Waals surface area contributed by atoms with Crippen molar-refractivity contribution in [3.63, 3.8) is 0 Å². The quantitative estimate of drug-likeness (QED) is 0.478. The Labute approximate surface area is 190 Å². The molecule has 2 aromatic heterocycles. The highest BCUT2D eigenvalue weighted by atomic mass is 16.2. The molecule has 168 valence electrons. The maximum atomic E-state index is 13.5. The van der Waals surface area contributed by atoms with Gasteiger partial charge in [-0.3, -0.25) is 19.1 Å². The Kier molecular flexibility index (Phi) is 5.99. The number of amides is 1. The van der Waals surface area contributed by atoms with E-state index in [1.807, 2.05) is 72.4 Å². The molecule has 0 unspecified atom stereocenters. The van der Waals surface area contributed by atoms with Crippen LogP contribution in [0.15, 0.2) is 82.6 Å². The van der Waals surface area contributed by atoms with Crippen molar-refractivity contribution in [2.24, 2.45) is 0 Å². The number of rotatable bonds is 6. The van der Waals surface area contributed by atoms with Gasteiger partial charge in [-0.05, 0) is 49.2 Å². The second-order valence-electron chi connectivity index (χ2n) is 7.71. The first-order chi connectivity index (χ1) is 15.9. The predicted octanol–water partition coefficient (Wildman–Crippen LogP) is 2.93. The third-order valence-electron chi connectivity index (χ3n) is 5.57. The van der Waals surface area contributed by atoms with E-state index in [0.29, 0.717) is 5.56 Å². The lowest BCUT2D eigenvalue weighted by atomic mass is 10.1. The minimum atomic E-state index is -0.699. The van der Waals surface area contributed by atoms with E-state index < -0.39 is 11.2 Å². The lowest BCUT2D eigenvalue weighted by Gasteiger charge is -2.23. The fraction of sp³-hybridized carbons (Fsp3) is 0.160. The van der Waals surface area contributed by atoms with E-state index in [1.54, 1.807) is 19.1 Å². The molecule has 0 aliphatic rings. The number of aromatic nitrogens is 3. The molecule has 4 rings (SSSR count). The van der Waals surface area contributed by atoms with Crippen LogP contribution in [0.4, 0.5) is 11.5 Å². The number of nitrogens with two attached hydrogens (primary N) is 1.